The Morgan fingerprint density at radius 2 is 2.46 bits per heavy atom. The highest BCUT2D eigenvalue weighted by Crippen LogP contribution is 2.21. The molecule has 0 saturated heterocycles. The maximum Gasteiger partial charge on any atom is 0.317 e. The Bertz CT molecular complexity index is 300. The van der Waals surface area contributed by atoms with E-state index in [0.29, 0.717) is 6.54 Å². The first-order valence-corrected chi connectivity index (χ1v) is 5.46. The van der Waals surface area contributed by atoms with E-state index in [1.807, 2.05) is 11.4 Å². The minimum Gasteiger partial charge on any atom is -0.341 e. The largest absolute Gasteiger partial charge is 0.341 e. The molecule has 5 heteroatoms. The molecule has 0 fully saturated rings. The standard InChI is InChI=1S/C8H11BrN2OS/c1-10-8(12)11(2)4-6-3-7(9)13-5-6/h3,5H,4H2,1-2H3,(H,10,12). The molecule has 1 rings (SSSR count). The Kier molecular flexibility index (Phi) is 3.74. The van der Waals surface area contributed by atoms with Crippen LogP contribution in [0.4, 0.5) is 4.79 Å². The second-order valence-corrected chi connectivity index (χ2v) is 4.96. The summed E-state index contributed by atoms with van der Waals surface area (Å²) in [4.78, 5) is 12.8. The third-order valence-corrected chi connectivity index (χ3v) is 3.16. The Labute approximate surface area is 89.9 Å². The van der Waals surface area contributed by atoms with Gasteiger partial charge in [-0.1, -0.05) is 0 Å². The highest BCUT2D eigenvalue weighted by molar-refractivity contribution is 9.11. The lowest BCUT2D eigenvalue weighted by molar-refractivity contribution is 0.209. The second kappa shape index (κ2) is 4.62. The van der Waals surface area contributed by atoms with Gasteiger partial charge in [-0.05, 0) is 32.9 Å². The number of hydrogen-bond donors (Lipinski definition) is 1. The number of nitrogens with one attached hydrogen (secondary N) is 1. The Balaban J connectivity index is 2.54. The molecule has 0 aromatic carbocycles. The van der Waals surface area contributed by atoms with Gasteiger partial charge in [0.25, 0.3) is 0 Å². The molecule has 1 aromatic heterocycles. The molecular weight excluding hydrogens is 252 g/mol. The zero-order valence-electron chi connectivity index (χ0n) is 7.50. The average molecular weight is 263 g/mol. The summed E-state index contributed by atoms with van der Waals surface area (Å²) in [6.07, 6.45) is 0. The Morgan fingerprint density at radius 1 is 1.77 bits per heavy atom. The van der Waals surface area contributed by atoms with Gasteiger partial charge in [0.15, 0.2) is 0 Å². The van der Waals surface area contributed by atoms with Crippen LogP contribution in [0.2, 0.25) is 0 Å². The van der Waals surface area contributed by atoms with Crippen molar-refractivity contribution in [3.8, 4) is 0 Å². The van der Waals surface area contributed by atoms with E-state index in [9.17, 15) is 4.79 Å². The van der Waals surface area contributed by atoms with E-state index in [0.717, 1.165) is 9.35 Å². The number of thiophene rings is 1. The summed E-state index contributed by atoms with van der Waals surface area (Å²) in [5.41, 5.74) is 1.14. The van der Waals surface area contributed by atoms with Crippen molar-refractivity contribution in [1.82, 2.24) is 10.2 Å². The molecular formula is C8H11BrN2OS. The van der Waals surface area contributed by atoms with E-state index in [4.69, 9.17) is 0 Å². The van der Waals surface area contributed by atoms with Crippen molar-refractivity contribution < 1.29 is 4.79 Å². The van der Waals surface area contributed by atoms with Crippen LogP contribution in [0.5, 0.6) is 0 Å². The van der Waals surface area contributed by atoms with Crippen molar-refractivity contribution in [2.75, 3.05) is 14.1 Å². The lowest BCUT2D eigenvalue weighted by Gasteiger charge is -2.15. The van der Waals surface area contributed by atoms with E-state index in [-0.39, 0.29) is 6.03 Å². The van der Waals surface area contributed by atoms with Crippen LogP contribution >= 0.6 is 27.3 Å². The molecule has 0 saturated carbocycles. The van der Waals surface area contributed by atoms with Crippen LogP contribution in [0.25, 0.3) is 0 Å². The van der Waals surface area contributed by atoms with Gasteiger partial charge in [-0.25, -0.2) is 4.79 Å². The number of amides is 2. The molecule has 1 aromatic rings. The molecule has 0 radical (unpaired) electrons. The zero-order chi connectivity index (χ0) is 9.84. The second-order valence-electron chi connectivity index (χ2n) is 2.67. The van der Waals surface area contributed by atoms with Gasteiger partial charge in [0.05, 0.1) is 3.79 Å². The molecule has 0 aliphatic rings. The van der Waals surface area contributed by atoms with Gasteiger partial charge >= 0.3 is 6.03 Å². The van der Waals surface area contributed by atoms with E-state index < -0.39 is 0 Å². The van der Waals surface area contributed by atoms with E-state index in [1.165, 1.54) is 0 Å². The number of urea groups is 1. The molecule has 1 heterocycles. The maximum atomic E-state index is 11.1. The first kappa shape index (κ1) is 10.5. The molecule has 0 bridgehead atoms. The molecule has 0 atom stereocenters. The number of nitrogens with zero attached hydrogens (tertiary/aromatic N) is 1. The van der Waals surface area contributed by atoms with Gasteiger partial charge in [0.2, 0.25) is 0 Å². The highest BCUT2D eigenvalue weighted by atomic mass is 79.9. The number of rotatable bonds is 2. The van der Waals surface area contributed by atoms with Crippen LogP contribution in [0, 0.1) is 0 Å². The molecule has 1 N–H and O–H groups in total. The van der Waals surface area contributed by atoms with Crippen molar-refractivity contribution in [3.63, 3.8) is 0 Å². The minimum absolute atomic E-state index is 0.0673. The van der Waals surface area contributed by atoms with Gasteiger partial charge in [-0.3, -0.25) is 0 Å². The van der Waals surface area contributed by atoms with Crippen LogP contribution in [0.3, 0.4) is 0 Å². The van der Waals surface area contributed by atoms with Crippen molar-refractivity contribution in [3.05, 3.63) is 20.8 Å². The van der Waals surface area contributed by atoms with Gasteiger partial charge in [0.1, 0.15) is 0 Å². The molecule has 0 unspecified atom stereocenters. The lowest BCUT2D eigenvalue weighted by atomic mass is 10.3. The summed E-state index contributed by atoms with van der Waals surface area (Å²) in [7, 11) is 3.40. The van der Waals surface area contributed by atoms with Gasteiger partial charge in [-0.15, -0.1) is 11.3 Å². The summed E-state index contributed by atoms with van der Waals surface area (Å²) in [5.74, 6) is 0. The Morgan fingerprint density at radius 3 is 2.92 bits per heavy atom. The van der Waals surface area contributed by atoms with Crippen LogP contribution < -0.4 is 5.32 Å². The smallest absolute Gasteiger partial charge is 0.317 e. The van der Waals surface area contributed by atoms with Crippen molar-refractivity contribution >= 4 is 33.3 Å². The topological polar surface area (TPSA) is 32.3 Å². The normalized spacial score (nSPS) is 9.77. The zero-order valence-corrected chi connectivity index (χ0v) is 9.91. The molecule has 0 aliphatic heterocycles. The average Bonchev–Trinajstić information content (AvgIpc) is 2.49. The van der Waals surface area contributed by atoms with E-state index in [1.54, 1.807) is 30.3 Å². The highest BCUT2D eigenvalue weighted by Gasteiger charge is 2.07. The predicted octanol–water partition coefficient (Wildman–Crippen LogP) is 2.28. The minimum atomic E-state index is -0.0673. The number of halogens is 1. The fraction of sp³-hybridized carbons (Fsp3) is 0.375. The van der Waals surface area contributed by atoms with Crippen LogP contribution in [0.15, 0.2) is 15.2 Å². The summed E-state index contributed by atoms with van der Waals surface area (Å²) < 4.78 is 1.09. The quantitative estimate of drug-likeness (QED) is 0.872. The first-order valence-electron chi connectivity index (χ1n) is 3.79. The SMILES string of the molecule is CNC(=O)N(C)Cc1csc(Br)c1. The molecule has 0 aliphatic carbocycles. The maximum absolute atomic E-state index is 11.1. The fourth-order valence-corrected chi connectivity index (χ4v) is 2.17. The Hall–Kier alpha value is -0.550. The van der Waals surface area contributed by atoms with Gasteiger partial charge in [-0.2, -0.15) is 0 Å². The van der Waals surface area contributed by atoms with Crippen LogP contribution in [-0.2, 0) is 6.54 Å². The van der Waals surface area contributed by atoms with Gasteiger partial charge in [0, 0.05) is 20.6 Å². The molecule has 72 valence electrons. The summed E-state index contributed by atoms with van der Waals surface area (Å²) >= 11 is 5.00. The number of carbonyl (C=O) groups excluding carboxylic acids is 1. The summed E-state index contributed by atoms with van der Waals surface area (Å²) in [6, 6.07) is 1.95. The lowest BCUT2D eigenvalue weighted by Crippen LogP contribution is -2.34. The molecule has 0 spiro atoms. The van der Waals surface area contributed by atoms with Gasteiger partial charge < -0.3 is 10.2 Å². The molecule has 3 nitrogen and oxygen atoms in total. The first-order chi connectivity index (χ1) is 6.13. The number of carbonyl (C=O) groups is 1. The van der Waals surface area contributed by atoms with Crippen LogP contribution in [-0.4, -0.2) is 25.0 Å². The molecule has 2 amide bonds. The third kappa shape index (κ3) is 3.00. The number of hydrogen-bond acceptors (Lipinski definition) is 2. The fourth-order valence-electron chi connectivity index (χ4n) is 0.965. The van der Waals surface area contributed by atoms with Crippen molar-refractivity contribution in [1.29, 1.82) is 0 Å². The van der Waals surface area contributed by atoms with E-state index in [2.05, 4.69) is 21.2 Å². The van der Waals surface area contributed by atoms with Crippen molar-refractivity contribution in [2.45, 2.75) is 6.54 Å². The summed E-state index contributed by atoms with van der Waals surface area (Å²) in [6.45, 7) is 0.641. The third-order valence-electron chi connectivity index (χ3n) is 1.60. The molecule has 13 heavy (non-hydrogen) atoms. The van der Waals surface area contributed by atoms with Crippen molar-refractivity contribution in [2.24, 2.45) is 0 Å². The summed E-state index contributed by atoms with van der Waals surface area (Å²) in [5, 5.41) is 4.60. The predicted molar refractivity (Wildman–Crippen MR) is 57.9 cm³/mol. The van der Waals surface area contributed by atoms with Crippen LogP contribution in [0.1, 0.15) is 5.56 Å². The van der Waals surface area contributed by atoms with E-state index >= 15 is 0 Å². The monoisotopic (exact) mass is 262 g/mol.